The van der Waals surface area contributed by atoms with E-state index < -0.39 is 0 Å². The first-order valence-electron chi connectivity index (χ1n) is 14.4. The molecule has 0 aliphatic carbocycles. The van der Waals surface area contributed by atoms with Crippen LogP contribution >= 0.6 is 0 Å². The first-order valence-corrected chi connectivity index (χ1v) is 14.4. The molecule has 7 heteroatoms. The molecule has 37 heavy (non-hydrogen) atoms. The van der Waals surface area contributed by atoms with Crippen molar-refractivity contribution in [1.82, 2.24) is 19.8 Å². The van der Waals surface area contributed by atoms with E-state index in [1.807, 2.05) is 0 Å². The number of piperidine rings is 2. The number of anilines is 2. The molecule has 0 unspecified atom stereocenters. The predicted octanol–water partition coefficient (Wildman–Crippen LogP) is 5.00. The van der Waals surface area contributed by atoms with E-state index in [2.05, 4.69) is 71.7 Å². The summed E-state index contributed by atoms with van der Waals surface area (Å²) in [5.41, 5.74) is 1.83. The van der Waals surface area contributed by atoms with Crippen LogP contribution in [0.1, 0.15) is 71.8 Å². The van der Waals surface area contributed by atoms with E-state index in [0.29, 0.717) is 12.1 Å². The van der Waals surface area contributed by atoms with E-state index in [9.17, 15) is 0 Å². The van der Waals surface area contributed by atoms with Crippen molar-refractivity contribution in [3.05, 3.63) is 17.7 Å². The molecule has 0 spiro atoms. The van der Waals surface area contributed by atoms with Crippen molar-refractivity contribution >= 4 is 22.7 Å². The summed E-state index contributed by atoms with van der Waals surface area (Å²) in [6.45, 7) is 16.3. The van der Waals surface area contributed by atoms with Crippen LogP contribution in [-0.4, -0.2) is 84.8 Å². The number of methoxy groups -OCH3 is 1. The van der Waals surface area contributed by atoms with Gasteiger partial charge in [0.1, 0.15) is 11.6 Å². The number of hydrogen-bond donors (Lipinski definition) is 1. The number of likely N-dealkylation sites (tertiary alicyclic amines) is 1. The number of fused-ring (bicyclic) bond motifs is 1. The Morgan fingerprint density at radius 1 is 1.05 bits per heavy atom. The van der Waals surface area contributed by atoms with Crippen molar-refractivity contribution in [3.63, 3.8) is 0 Å². The van der Waals surface area contributed by atoms with Crippen molar-refractivity contribution in [3.8, 4) is 17.6 Å². The summed E-state index contributed by atoms with van der Waals surface area (Å²) in [6, 6.07) is 5.19. The Morgan fingerprint density at radius 3 is 2.43 bits per heavy atom. The van der Waals surface area contributed by atoms with Crippen LogP contribution in [0.25, 0.3) is 10.9 Å². The first-order chi connectivity index (χ1) is 18.0. The Balaban J connectivity index is 1.64. The predicted molar refractivity (Wildman–Crippen MR) is 155 cm³/mol. The summed E-state index contributed by atoms with van der Waals surface area (Å²) >= 11 is 0. The van der Waals surface area contributed by atoms with Gasteiger partial charge in [-0.1, -0.05) is 25.7 Å². The molecule has 0 atom stereocenters. The van der Waals surface area contributed by atoms with Gasteiger partial charge in [0, 0.05) is 56.6 Å². The van der Waals surface area contributed by atoms with Gasteiger partial charge in [-0.25, -0.2) is 4.98 Å². The summed E-state index contributed by atoms with van der Waals surface area (Å²) in [5, 5.41) is 4.82. The molecular weight excluding hydrogens is 460 g/mol. The highest BCUT2D eigenvalue weighted by molar-refractivity contribution is 5.93. The van der Waals surface area contributed by atoms with E-state index in [1.54, 1.807) is 7.11 Å². The maximum absolute atomic E-state index is 5.79. The van der Waals surface area contributed by atoms with E-state index in [1.165, 1.54) is 19.3 Å². The number of nitrogens with one attached hydrogen (secondary N) is 1. The monoisotopic (exact) mass is 506 g/mol. The van der Waals surface area contributed by atoms with Crippen LogP contribution in [0.2, 0.25) is 0 Å². The number of rotatable bonds is 9. The third-order valence-electron chi connectivity index (χ3n) is 7.92. The number of nitrogens with zero attached hydrogens (tertiary/aromatic N) is 5. The third-order valence-corrected chi connectivity index (χ3v) is 7.92. The van der Waals surface area contributed by atoms with Crippen molar-refractivity contribution < 1.29 is 4.74 Å². The lowest BCUT2D eigenvalue weighted by Gasteiger charge is -2.35. The van der Waals surface area contributed by atoms with Crippen molar-refractivity contribution in [1.29, 1.82) is 0 Å². The van der Waals surface area contributed by atoms with Crippen molar-refractivity contribution in [2.45, 2.75) is 78.3 Å². The Bertz CT molecular complexity index is 1070. The van der Waals surface area contributed by atoms with Gasteiger partial charge >= 0.3 is 0 Å². The van der Waals surface area contributed by atoms with Crippen LogP contribution in [0.15, 0.2) is 12.1 Å². The van der Waals surface area contributed by atoms with Gasteiger partial charge in [-0.2, -0.15) is 4.98 Å². The molecule has 2 saturated heterocycles. The minimum atomic E-state index is 0.410. The average Bonchev–Trinajstić information content (AvgIpc) is 2.93. The molecule has 0 radical (unpaired) electrons. The molecule has 0 bridgehead atoms. The molecule has 2 aromatic rings. The fourth-order valence-electron chi connectivity index (χ4n) is 5.42. The SMILES string of the molecule is CCN(CC)CCC#Cc1cc2nc(N3CCCCC3)nc(NC3CCN(C(C)C)CC3)c2cc1OC. The molecule has 2 fully saturated rings. The molecule has 1 aromatic carbocycles. The summed E-state index contributed by atoms with van der Waals surface area (Å²) in [7, 11) is 1.72. The Labute approximate surface area is 224 Å². The van der Waals surface area contributed by atoms with E-state index in [4.69, 9.17) is 14.7 Å². The van der Waals surface area contributed by atoms with Crippen molar-refractivity contribution in [2.75, 3.05) is 63.1 Å². The van der Waals surface area contributed by atoms with Gasteiger partial charge in [0.2, 0.25) is 5.95 Å². The number of hydrogen-bond acceptors (Lipinski definition) is 7. The summed E-state index contributed by atoms with van der Waals surface area (Å²) < 4.78 is 5.79. The van der Waals surface area contributed by atoms with Crippen LogP contribution < -0.4 is 15.0 Å². The average molecular weight is 507 g/mol. The second-order valence-corrected chi connectivity index (χ2v) is 10.6. The minimum absolute atomic E-state index is 0.410. The topological polar surface area (TPSA) is 56.8 Å². The van der Waals surface area contributed by atoms with Gasteiger partial charge in [-0.05, 0) is 71.2 Å². The lowest BCUT2D eigenvalue weighted by Crippen LogP contribution is -2.42. The molecule has 2 aliphatic heterocycles. The molecule has 4 rings (SSSR count). The van der Waals surface area contributed by atoms with Gasteiger partial charge in [0.15, 0.2) is 0 Å². The van der Waals surface area contributed by atoms with Crippen LogP contribution in [0.4, 0.5) is 11.8 Å². The first kappa shape index (κ1) is 27.5. The van der Waals surface area contributed by atoms with Crippen LogP contribution in [-0.2, 0) is 0 Å². The largest absolute Gasteiger partial charge is 0.495 e. The van der Waals surface area contributed by atoms with E-state index in [-0.39, 0.29) is 0 Å². The zero-order valence-electron chi connectivity index (χ0n) is 23.6. The van der Waals surface area contributed by atoms with Crippen LogP contribution in [0, 0.1) is 11.8 Å². The molecule has 0 saturated carbocycles. The number of ether oxygens (including phenoxy) is 1. The summed E-state index contributed by atoms with van der Waals surface area (Å²) in [6.07, 6.45) is 6.76. The molecule has 1 aromatic heterocycles. The fraction of sp³-hybridized carbons (Fsp3) is 0.667. The Kier molecular flexibility index (Phi) is 9.88. The molecule has 7 nitrogen and oxygen atoms in total. The van der Waals surface area contributed by atoms with Crippen LogP contribution in [0.3, 0.4) is 0 Å². The molecular formula is C30H46N6O. The Morgan fingerprint density at radius 2 is 1.78 bits per heavy atom. The van der Waals surface area contributed by atoms with Gasteiger partial charge in [-0.15, -0.1) is 0 Å². The number of aromatic nitrogens is 2. The lowest BCUT2D eigenvalue weighted by molar-refractivity contribution is 0.177. The second kappa shape index (κ2) is 13.3. The molecule has 1 N–H and O–H groups in total. The lowest BCUT2D eigenvalue weighted by atomic mass is 10.0. The van der Waals surface area contributed by atoms with Gasteiger partial charge in [0.05, 0.1) is 18.2 Å². The van der Waals surface area contributed by atoms with Crippen molar-refractivity contribution in [2.24, 2.45) is 0 Å². The van der Waals surface area contributed by atoms with Crippen LogP contribution in [0.5, 0.6) is 5.75 Å². The summed E-state index contributed by atoms with van der Waals surface area (Å²) in [4.78, 5) is 17.4. The fourth-order valence-corrected chi connectivity index (χ4v) is 5.42. The maximum Gasteiger partial charge on any atom is 0.227 e. The highest BCUT2D eigenvalue weighted by Gasteiger charge is 2.23. The standard InChI is InChI=1S/C30H46N6O/c1-6-34(7-2)16-12-9-13-24-21-27-26(22-28(24)37-5)29(31-25-14-19-35(20-15-25)23(3)4)33-30(32-27)36-17-10-8-11-18-36/h21-23,25H,6-8,10-12,14-20H2,1-5H3,(H,31,32,33). The van der Waals surface area contributed by atoms with E-state index >= 15 is 0 Å². The normalized spacial score (nSPS) is 17.3. The molecule has 3 heterocycles. The van der Waals surface area contributed by atoms with E-state index in [0.717, 1.165) is 99.1 Å². The minimum Gasteiger partial charge on any atom is -0.495 e. The number of benzene rings is 1. The van der Waals surface area contributed by atoms with Gasteiger partial charge in [0.25, 0.3) is 0 Å². The van der Waals surface area contributed by atoms with Gasteiger partial charge in [-0.3, -0.25) is 0 Å². The molecule has 0 amide bonds. The smallest absolute Gasteiger partial charge is 0.227 e. The second-order valence-electron chi connectivity index (χ2n) is 10.6. The molecule has 2 aliphatic rings. The quantitative estimate of drug-likeness (QED) is 0.481. The third kappa shape index (κ3) is 7.06. The highest BCUT2D eigenvalue weighted by Crippen LogP contribution is 2.32. The van der Waals surface area contributed by atoms with Gasteiger partial charge < -0.3 is 24.8 Å². The molecule has 202 valence electrons. The zero-order chi connectivity index (χ0) is 26.2. The maximum atomic E-state index is 5.79. The Hall–Kier alpha value is -2.56. The zero-order valence-corrected chi connectivity index (χ0v) is 23.6. The summed E-state index contributed by atoms with van der Waals surface area (Å²) in [5.74, 6) is 9.28. The highest BCUT2D eigenvalue weighted by atomic mass is 16.5.